The van der Waals surface area contributed by atoms with Gasteiger partial charge in [0.15, 0.2) is 0 Å². The average Bonchev–Trinajstić information content (AvgIpc) is 3.15. The number of hydrogen-bond donors (Lipinski definition) is 0. The van der Waals surface area contributed by atoms with Gasteiger partial charge in [0.2, 0.25) is 5.91 Å². The number of carbonyl (C=O) groups is 1. The van der Waals surface area contributed by atoms with Crippen LogP contribution in [0.4, 0.5) is 8.78 Å². The third-order valence-corrected chi connectivity index (χ3v) is 7.53. The van der Waals surface area contributed by atoms with Crippen LogP contribution in [0.5, 0.6) is 0 Å². The quantitative estimate of drug-likeness (QED) is 0.377. The predicted octanol–water partition coefficient (Wildman–Crippen LogP) is 6.79. The minimum atomic E-state index is -0.421. The number of benzene rings is 3. The fourth-order valence-corrected chi connectivity index (χ4v) is 5.83. The molecule has 2 aliphatic rings. The fourth-order valence-electron chi connectivity index (χ4n) is 5.83. The molecule has 1 unspecified atom stereocenters. The summed E-state index contributed by atoms with van der Waals surface area (Å²) >= 11 is 0. The Kier molecular flexibility index (Phi) is 6.96. The molecule has 3 nitrogen and oxygen atoms in total. The molecule has 2 bridgehead atoms. The van der Waals surface area contributed by atoms with Gasteiger partial charge in [-0.1, -0.05) is 61.5 Å². The van der Waals surface area contributed by atoms with E-state index in [1.807, 2.05) is 30.3 Å². The zero-order valence-electron chi connectivity index (χ0n) is 19.9. The van der Waals surface area contributed by atoms with E-state index in [0.29, 0.717) is 0 Å². The fraction of sp³-hybridized carbons (Fsp3) is 0.367. The van der Waals surface area contributed by atoms with Crippen LogP contribution in [0.25, 0.3) is 0 Å². The van der Waals surface area contributed by atoms with E-state index in [0.717, 1.165) is 48.8 Å². The first-order valence-corrected chi connectivity index (χ1v) is 12.6. The second-order valence-corrected chi connectivity index (χ2v) is 9.71. The number of piperidine rings is 1. The second-order valence-electron chi connectivity index (χ2n) is 9.71. The van der Waals surface area contributed by atoms with Crippen molar-refractivity contribution in [3.8, 4) is 0 Å². The lowest BCUT2D eigenvalue weighted by atomic mass is 9.91. The first-order chi connectivity index (χ1) is 17.0. The molecule has 0 aromatic heterocycles. The minimum absolute atomic E-state index is 0.0338. The van der Waals surface area contributed by atoms with Crippen molar-refractivity contribution in [3.63, 3.8) is 0 Å². The van der Waals surface area contributed by atoms with Crippen molar-refractivity contribution in [1.82, 2.24) is 4.90 Å². The molecule has 2 fully saturated rings. The van der Waals surface area contributed by atoms with Crippen LogP contribution >= 0.6 is 0 Å². The standard InChI is InChI=1S/C30H31F2NO2/c1-2-28(20-6-4-3-5-7-20)30(34)33-25-16-17-26(33)19-27(18-25)35-29(21-8-12-23(31)13-9-21)22-10-14-24(32)15-11-22/h3-15,25-29H,2,16-19H2,1H3/t25-,26+,27?,28-/m0/s1. The van der Waals surface area contributed by atoms with E-state index < -0.39 is 6.10 Å². The van der Waals surface area contributed by atoms with Crippen LogP contribution in [-0.4, -0.2) is 29.0 Å². The average molecular weight is 476 g/mol. The van der Waals surface area contributed by atoms with Crippen molar-refractivity contribution in [2.45, 2.75) is 69.2 Å². The Hall–Kier alpha value is -3.05. The molecule has 0 radical (unpaired) electrons. The van der Waals surface area contributed by atoms with Crippen LogP contribution in [0, 0.1) is 11.6 Å². The van der Waals surface area contributed by atoms with Crippen LogP contribution in [0.2, 0.25) is 0 Å². The third kappa shape index (κ3) is 5.01. The second kappa shape index (κ2) is 10.3. The summed E-state index contributed by atoms with van der Waals surface area (Å²) in [6.07, 6.45) is 3.83. The van der Waals surface area contributed by atoms with E-state index in [9.17, 15) is 13.6 Å². The minimum Gasteiger partial charge on any atom is -0.365 e. The summed E-state index contributed by atoms with van der Waals surface area (Å²) in [5.41, 5.74) is 2.74. The van der Waals surface area contributed by atoms with Gasteiger partial charge in [0.05, 0.1) is 12.0 Å². The number of ether oxygens (including phenoxy) is 1. The maximum absolute atomic E-state index is 13.6. The molecule has 0 aliphatic carbocycles. The van der Waals surface area contributed by atoms with Crippen LogP contribution in [0.15, 0.2) is 78.9 Å². The molecule has 4 atom stereocenters. The highest BCUT2D eigenvalue weighted by Crippen LogP contribution is 2.41. The molecule has 0 saturated carbocycles. The first kappa shape index (κ1) is 23.7. The van der Waals surface area contributed by atoms with Crippen molar-refractivity contribution in [2.24, 2.45) is 0 Å². The topological polar surface area (TPSA) is 29.5 Å². The van der Waals surface area contributed by atoms with Crippen LogP contribution < -0.4 is 0 Å². The summed E-state index contributed by atoms with van der Waals surface area (Å²) in [4.78, 5) is 15.8. The van der Waals surface area contributed by atoms with E-state index in [1.54, 1.807) is 24.3 Å². The molecule has 1 amide bonds. The molecule has 0 N–H and O–H groups in total. The van der Waals surface area contributed by atoms with Crippen molar-refractivity contribution in [1.29, 1.82) is 0 Å². The molecular weight excluding hydrogens is 444 g/mol. The van der Waals surface area contributed by atoms with Gasteiger partial charge in [-0.15, -0.1) is 0 Å². The Labute approximate surface area is 205 Å². The lowest BCUT2D eigenvalue weighted by Gasteiger charge is -2.41. The highest BCUT2D eigenvalue weighted by atomic mass is 19.1. The normalized spacial score (nSPS) is 22.4. The largest absolute Gasteiger partial charge is 0.365 e. The van der Waals surface area contributed by atoms with Crippen molar-refractivity contribution in [3.05, 3.63) is 107 Å². The number of carbonyl (C=O) groups excluding carboxylic acids is 1. The van der Waals surface area contributed by atoms with Crippen LogP contribution in [-0.2, 0) is 9.53 Å². The van der Waals surface area contributed by atoms with Gasteiger partial charge in [-0.3, -0.25) is 4.79 Å². The first-order valence-electron chi connectivity index (χ1n) is 12.6. The van der Waals surface area contributed by atoms with Gasteiger partial charge in [0.1, 0.15) is 17.7 Å². The number of fused-ring (bicyclic) bond motifs is 2. The van der Waals surface area contributed by atoms with E-state index in [4.69, 9.17) is 4.74 Å². The zero-order chi connectivity index (χ0) is 24.4. The lowest BCUT2D eigenvalue weighted by Crippen LogP contribution is -2.50. The number of nitrogens with zero attached hydrogens (tertiary/aromatic N) is 1. The number of rotatable bonds is 7. The maximum Gasteiger partial charge on any atom is 0.230 e. The molecule has 0 spiro atoms. The Balaban J connectivity index is 1.34. The summed E-state index contributed by atoms with van der Waals surface area (Å²) < 4.78 is 33.8. The van der Waals surface area contributed by atoms with E-state index >= 15 is 0 Å². The summed E-state index contributed by atoms with van der Waals surface area (Å²) in [5, 5.41) is 0. The SMILES string of the molecule is CC[C@H](C(=O)N1[C@@H]2CC[C@H]1CC(OC(c1ccc(F)cc1)c1ccc(F)cc1)C2)c1ccccc1. The molecule has 182 valence electrons. The van der Waals surface area contributed by atoms with Gasteiger partial charge < -0.3 is 9.64 Å². The zero-order valence-corrected chi connectivity index (χ0v) is 19.9. The molecule has 5 heteroatoms. The predicted molar refractivity (Wildman–Crippen MR) is 132 cm³/mol. The molecule has 2 heterocycles. The highest BCUT2D eigenvalue weighted by Gasteiger charge is 2.45. The van der Waals surface area contributed by atoms with Gasteiger partial charge in [-0.25, -0.2) is 8.78 Å². The van der Waals surface area contributed by atoms with Crippen LogP contribution in [0.1, 0.15) is 67.7 Å². The van der Waals surface area contributed by atoms with E-state index in [1.165, 1.54) is 24.3 Å². The molecule has 3 aromatic carbocycles. The van der Waals surface area contributed by atoms with Crippen molar-refractivity contribution in [2.75, 3.05) is 0 Å². The summed E-state index contributed by atoms with van der Waals surface area (Å²) in [5.74, 6) is -0.512. The highest BCUT2D eigenvalue weighted by molar-refractivity contribution is 5.84. The Morgan fingerprint density at radius 2 is 1.34 bits per heavy atom. The Bertz CT molecular complexity index is 1070. The van der Waals surface area contributed by atoms with Gasteiger partial charge in [-0.2, -0.15) is 0 Å². The van der Waals surface area contributed by atoms with Gasteiger partial charge in [0, 0.05) is 12.1 Å². The van der Waals surface area contributed by atoms with Gasteiger partial charge in [-0.05, 0) is 73.1 Å². The molecule has 2 saturated heterocycles. The van der Waals surface area contributed by atoms with Crippen molar-refractivity contribution >= 4 is 5.91 Å². The van der Waals surface area contributed by atoms with Crippen molar-refractivity contribution < 1.29 is 18.3 Å². The van der Waals surface area contributed by atoms with E-state index in [2.05, 4.69) is 11.8 Å². The number of halogens is 2. The molecule has 3 aromatic rings. The smallest absolute Gasteiger partial charge is 0.230 e. The molecule has 5 rings (SSSR count). The summed E-state index contributed by atoms with van der Waals surface area (Å²) in [7, 11) is 0. The Morgan fingerprint density at radius 3 is 1.83 bits per heavy atom. The number of hydrogen-bond acceptors (Lipinski definition) is 2. The van der Waals surface area contributed by atoms with Crippen LogP contribution in [0.3, 0.4) is 0 Å². The van der Waals surface area contributed by atoms with Gasteiger partial charge in [0.25, 0.3) is 0 Å². The molecular formula is C30H31F2NO2. The summed E-state index contributed by atoms with van der Waals surface area (Å²) in [6, 6.07) is 23.0. The summed E-state index contributed by atoms with van der Waals surface area (Å²) in [6.45, 7) is 2.07. The Morgan fingerprint density at radius 1 is 0.829 bits per heavy atom. The maximum atomic E-state index is 13.6. The lowest BCUT2D eigenvalue weighted by molar-refractivity contribution is -0.141. The molecule has 2 aliphatic heterocycles. The van der Waals surface area contributed by atoms with E-state index in [-0.39, 0.29) is 41.6 Å². The third-order valence-electron chi connectivity index (χ3n) is 7.53. The monoisotopic (exact) mass is 475 g/mol. The molecule has 35 heavy (non-hydrogen) atoms. The van der Waals surface area contributed by atoms with Gasteiger partial charge >= 0.3 is 0 Å². The number of amides is 1.